The molecule has 0 saturated carbocycles. The van der Waals surface area contributed by atoms with Gasteiger partial charge in [-0.15, -0.1) is 0 Å². The van der Waals surface area contributed by atoms with E-state index in [4.69, 9.17) is 4.84 Å². The minimum absolute atomic E-state index is 0.134. The van der Waals surface area contributed by atoms with Crippen LogP contribution in [0.4, 0.5) is 0 Å². The van der Waals surface area contributed by atoms with Crippen LogP contribution in [0.5, 0.6) is 0 Å². The fourth-order valence-electron chi connectivity index (χ4n) is 2.29. The summed E-state index contributed by atoms with van der Waals surface area (Å²) in [5.74, 6) is 0. The largest absolute Gasteiger partial charge is 0.393 e. The number of hydrogen-bond acceptors (Lipinski definition) is 3. The van der Waals surface area contributed by atoms with Crippen molar-refractivity contribution in [1.82, 2.24) is 5.06 Å². The predicted octanol–water partition coefficient (Wildman–Crippen LogP) is 2.13. The average molecular weight is 221 g/mol. The van der Waals surface area contributed by atoms with E-state index in [0.717, 1.165) is 6.42 Å². The second-order valence-corrected chi connectivity index (χ2v) is 4.52. The van der Waals surface area contributed by atoms with Gasteiger partial charge in [0.2, 0.25) is 0 Å². The third-order valence-electron chi connectivity index (χ3n) is 3.03. The van der Waals surface area contributed by atoms with Crippen molar-refractivity contribution in [3.8, 4) is 0 Å². The second kappa shape index (κ2) is 4.95. The fourth-order valence-corrected chi connectivity index (χ4v) is 2.29. The summed E-state index contributed by atoms with van der Waals surface area (Å²) >= 11 is 0. The van der Waals surface area contributed by atoms with Crippen LogP contribution in [0.3, 0.4) is 0 Å². The third kappa shape index (κ3) is 2.61. The van der Waals surface area contributed by atoms with Gasteiger partial charge in [-0.05, 0) is 18.9 Å². The Morgan fingerprint density at radius 1 is 1.44 bits per heavy atom. The van der Waals surface area contributed by atoms with Gasteiger partial charge in [0.25, 0.3) is 0 Å². The molecule has 88 valence electrons. The van der Waals surface area contributed by atoms with Gasteiger partial charge in [0.15, 0.2) is 0 Å². The summed E-state index contributed by atoms with van der Waals surface area (Å²) in [4.78, 5) is 5.71. The van der Waals surface area contributed by atoms with E-state index < -0.39 is 0 Å². The number of rotatable bonds is 3. The highest BCUT2D eigenvalue weighted by Gasteiger charge is 2.32. The van der Waals surface area contributed by atoms with Gasteiger partial charge in [0, 0.05) is 13.5 Å². The molecule has 0 aliphatic carbocycles. The zero-order valence-electron chi connectivity index (χ0n) is 9.84. The number of benzene rings is 1. The first-order valence-electron chi connectivity index (χ1n) is 5.79. The summed E-state index contributed by atoms with van der Waals surface area (Å²) < 4.78 is 0. The highest BCUT2D eigenvalue weighted by Crippen LogP contribution is 2.34. The second-order valence-electron chi connectivity index (χ2n) is 4.52. The number of hydroxylamine groups is 2. The van der Waals surface area contributed by atoms with Crippen molar-refractivity contribution in [3.05, 3.63) is 35.9 Å². The maximum atomic E-state index is 9.36. The maximum absolute atomic E-state index is 9.36. The van der Waals surface area contributed by atoms with Crippen molar-refractivity contribution in [3.63, 3.8) is 0 Å². The molecular weight excluding hydrogens is 202 g/mol. The molecule has 3 heteroatoms. The lowest BCUT2D eigenvalue weighted by molar-refractivity contribution is -0.150. The number of aliphatic hydroxyl groups excluding tert-OH is 1. The van der Waals surface area contributed by atoms with Gasteiger partial charge in [0.1, 0.15) is 0 Å². The molecule has 0 bridgehead atoms. The highest BCUT2D eigenvalue weighted by molar-refractivity contribution is 5.19. The van der Waals surface area contributed by atoms with E-state index >= 15 is 0 Å². The van der Waals surface area contributed by atoms with Crippen LogP contribution >= 0.6 is 0 Å². The van der Waals surface area contributed by atoms with Crippen molar-refractivity contribution in [2.75, 3.05) is 7.05 Å². The molecule has 1 saturated heterocycles. The molecule has 0 spiro atoms. The molecule has 1 fully saturated rings. The topological polar surface area (TPSA) is 32.7 Å². The van der Waals surface area contributed by atoms with E-state index in [1.807, 2.05) is 30.3 Å². The van der Waals surface area contributed by atoms with Gasteiger partial charge < -0.3 is 5.11 Å². The van der Waals surface area contributed by atoms with Crippen LogP contribution in [-0.4, -0.2) is 29.4 Å². The molecule has 1 aromatic carbocycles. The SMILES string of the molecule is CC(O)C[C@@H]1C[C@@H](c2ccccc2)N(C)O1. The molecule has 1 N–H and O–H groups in total. The zero-order valence-corrected chi connectivity index (χ0v) is 9.84. The summed E-state index contributed by atoms with van der Waals surface area (Å²) in [5.41, 5.74) is 1.28. The van der Waals surface area contributed by atoms with Gasteiger partial charge in [-0.1, -0.05) is 30.3 Å². The first kappa shape index (κ1) is 11.6. The standard InChI is InChI=1S/C13H19NO2/c1-10(15)8-12-9-13(14(2)16-12)11-6-4-3-5-7-11/h3-7,10,12-13,15H,8-9H2,1-2H3/t10?,12-,13+/m1/s1. The lowest BCUT2D eigenvalue weighted by Crippen LogP contribution is -2.18. The lowest BCUT2D eigenvalue weighted by Gasteiger charge is -2.17. The fraction of sp³-hybridized carbons (Fsp3) is 0.538. The van der Waals surface area contributed by atoms with Crippen LogP contribution in [0.1, 0.15) is 31.4 Å². The molecule has 0 aromatic heterocycles. The Hall–Kier alpha value is -0.900. The van der Waals surface area contributed by atoms with E-state index in [1.165, 1.54) is 5.56 Å². The quantitative estimate of drug-likeness (QED) is 0.848. The number of hydrogen-bond donors (Lipinski definition) is 1. The molecule has 3 nitrogen and oxygen atoms in total. The summed E-state index contributed by atoms with van der Waals surface area (Å²) in [7, 11) is 1.96. The molecule has 1 aliphatic heterocycles. The van der Waals surface area contributed by atoms with Gasteiger partial charge in [-0.2, -0.15) is 5.06 Å². The van der Waals surface area contributed by atoms with Crippen LogP contribution in [0.25, 0.3) is 0 Å². The van der Waals surface area contributed by atoms with E-state index in [-0.39, 0.29) is 12.2 Å². The minimum Gasteiger partial charge on any atom is -0.393 e. The van der Waals surface area contributed by atoms with Crippen molar-refractivity contribution >= 4 is 0 Å². The predicted molar refractivity (Wildman–Crippen MR) is 62.7 cm³/mol. The van der Waals surface area contributed by atoms with Crippen molar-refractivity contribution in [1.29, 1.82) is 0 Å². The molecule has 1 unspecified atom stereocenters. The van der Waals surface area contributed by atoms with Gasteiger partial charge in [0.05, 0.1) is 18.2 Å². The van der Waals surface area contributed by atoms with E-state index in [9.17, 15) is 5.11 Å². The molecule has 16 heavy (non-hydrogen) atoms. The highest BCUT2D eigenvalue weighted by atomic mass is 16.7. The number of aliphatic hydroxyl groups is 1. The molecule has 3 atom stereocenters. The minimum atomic E-state index is -0.298. The summed E-state index contributed by atoms with van der Waals surface area (Å²) in [6.07, 6.45) is 1.49. The summed E-state index contributed by atoms with van der Waals surface area (Å²) in [5, 5.41) is 11.3. The maximum Gasteiger partial charge on any atom is 0.0837 e. The average Bonchev–Trinajstić information content (AvgIpc) is 2.60. The van der Waals surface area contributed by atoms with Crippen LogP contribution in [0, 0.1) is 0 Å². The van der Waals surface area contributed by atoms with E-state index in [0.29, 0.717) is 12.5 Å². The molecule has 0 amide bonds. The smallest absolute Gasteiger partial charge is 0.0837 e. The molecule has 0 radical (unpaired) electrons. The molecule has 1 aromatic rings. The first-order valence-corrected chi connectivity index (χ1v) is 5.79. The Kier molecular flexibility index (Phi) is 3.59. The van der Waals surface area contributed by atoms with Crippen LogP contribution < -0.4 is 0 Å². The first-order chi connectivity index (χ1) is 7.66. The Labute approximate surface area is 96.6 Å². The van der Waals surface area contributed by atoms with Crippen LogP contribution in [0.2, 0.25) is 0 Å². The molecular formula is C13H19NO2. The summed E-state index contributed by atoms with van der Waals surface area (Å²) in [6, 6.07) is 10.7. The molecule has 2 rings (SSSR count). The normalized spacial score (nSPS) is 28.2. The van der Waals surface area contributed by atoms with Gasteiger partial charge in [-0.25, -0.2) is 0 Å². The van der Waals surface area contributed by atoms with Crippen molar-refractivity contribution in [2.45, 2.75) is 38.0 Å². The van der Waals surface area contributed by atoms with Crippen molar-refractivity contribution in [2.24, 2.45) is 0 Å². The van der Waals surface area contributed by atoms with E-state index in [2.05, 4.69) is 12.1 Å². The third-order valence-corrected chi connectivity index (χ3v) is 3.03. The Bertz CT molecular complexity index is 326. The zero-order chi connectivity index (χ0) is 11.5. The van der Waals surface area contributed by atoms with Crippen molar-refractivity contribution < 1.29 is 9.94 Å². The molecule has 1 heterocycles. The van der Waals surface area contributed by atoms with Gasteiger partial charge in [-0.3, -0.25) is 4.84 Å². The van der Waals surface area contributed by atoms with Crippen LogP contribution in [-0.2, 0) is 4.84 Å². The van der Waals surface area contributed by atoms with Crippen LogP contribution in [0.15, 0.2) is 30.3 Å². The van der Waals surface area contributed by atoms with E-state index in [1.54, 1.807) is 6.92 Å². The lowest BCUT2D eigenvalue weighted by atomic mass is 9.99. The van der Waals surface area contributed by atoms with Gasteiger partial charge >= 0.3 is 0 Å². The Morgan fingerprint density at radius 2 is 2.12 bits per heavy atom. The Morgan fingerprint density at radius 3 is 2.75 bits per heavy atom. The Balaban J connectivity index is 2.03. The monoisotopic (exact) mass is 221 g/mol. The molecule has 1 aliphatic rings. The number of nitrogens with zero attached hydrogens (tertiary/aromatic N) is 1. The summed E-state index contributed by atoms with van der Waals surface area (Å²) in [6.45, 7) is 1.80.